The van der Waals surface area contributed by atoms with Gasteiger partial charge in [0.25, 0.3) is 17.1 Å². The van der Waals surface area contributed by atoms with Crippen LogP contribution >= 0.6 is 0 Å². The molecule has 0 saturated carbocycles. The van der Waals surface area contributed by atoms with Crippen molar-refractivity contribution in [2.45, 2.75) is 0 Å². The van der Waals surface area contributed by atoms with Crippen molar-refractivity contribution < 1.29 is 19.1 Å². The highest BCUT2D eigenvalue weighted by molar-refractivity contribution is 7.12. The molecule has 0 atom stereocenters. The minimum atomic E-state index is -2.30. The van der Waals surface area contributed by atoms with Crippen molar-refractivity contribution in [2.24, 2.45) is 0 Å². The van der Waals surface area contributed by atoms with Crippen LogP contribution in [0.5, 0.6) is 5.75 Å². The second-order valence-corrected chi connectivity index (χ2v) is 10.5. The van der Waals surface area contributed by atoms with Crippen LogP contribution in [0.15, 0.2) is 127 Å². The number of nitro groups is 3. The third-order valence-corrected chi connectivity index (χ3v) is 8.31. The summed E-state index contributed by atoms with van der Waals surface area (Å²) in [6, 6.07) is 36.4. The Bertz CT molecular complexity index is 1890. The summed E-state index contributed by atoms with van der Waals surface area (Å²) in [5.41, 5.74) is 5.22. The monoisotopic (exact) mass is 585 g/mol. The van der Waals surface area contributed by atoms with Crippen LogP contribution in [0.3, 0.4) is 0 Å². The molecule has 0 unspecified atom stereocenters. The Labute approximate surface area is 251 Å². The summed E-state index contributed by atoms with van der Waals surface area (Å²) >= 11 is 0. The number of nitrogens with zero attached hydrogens (tertiary/aromatic N) is 3. The molecule has 5 aromatic carbocycles. The fourth-order valence-corrected chi connectivity index (χ4v) is 6.40. The minimum absolute atomic E-state index is 0.0726. The molecule has 0 spiro atoms. The molecule has 10 nitrogen and oxygen atoms in total. The van der Waals surface area contributed by atoms with Gasteiger partial charge < -0.3 is 4.28 Å². The first-order valence-corrected chi connectivity index (χ1v) is 13.7. The summed E-state index contributed by atoms with van der Waals surface area (Å²) in [6.07, 6.45) is -2.30. The number of para-hydroxylation sites is 1. The van der Waals surface area contributed by atoms with E-state index in [1.807, 2.05) is 61.7 Å². The topological polar surface area (TPSA) is 132 Å². The van der Waals surface area contributed by atoms with Crippen LogP contribution in [-0.2, 0) is 4.28 Å². The lowest BCUT2D eigenvalue weighted by molar-refractivity contribution is -0.385. The van der Waals surface area contributed by atoms with Gasteiger partial charge in [-0.3, -0.25) is 30.3 Å². The lowest BCUT2D eigenvalue weighted by Crippen LogP contribution is -2.66. The fourth-order valence-electron chi connectivity index (χ4n) is 6.40. The van der Waals surface area contributed by atoms with E-state index in [-0.39, 0.29) is 17.1 Å². The lowest BCUT2D eigenvalue weighted by Gasteiger charge is -2.55. The summed E-state index contributed by atoms with van der Waals surface area (Å²) in [7, 11) is 1.86. The Morgan fingerprint density at radius 3 is 1.43 bits per heavy atom. The van der Waals surface area contributed by atoms with E-state index < -0.39 is 21.1 Å². The number of rotatable bonds is 7. The number of hydrogen-bond acceptors (Lipinski definition) is 6. The first-order chi connectivity index (χ1) is 21.2. The molecule has 0 fully saturated rings. The van der Waals surface area contributed by atoms with E-state index in [2.05, 4.69) is 4.28 Å². The maximum Gasteiger partial charge on any atom is 0.415 e. The van der Waals surface area contributed by atoms with Gasteiger partial charge in [0, 0.05) is 42.5 Å². The fraction of sp³-hybridized carbons (Fsp3) is 0.0303. The Kier molecular flexibility index (Phi) is 6.98. The van der Waals surface area contributed by atoms with Crippen LogP contribution in [0.2, 0.25) is 0 Å². The minimum Gasteiger partial charge on any atom is -0.810 e. The van der Waals surface area contributed by atoms with Crippen molar-refractivity contribution in [1.82, 2.24) is 0 Å². The maximum atomic E-state index is 11.6. The number of nitro benzene ring substituents is 3. The largest absolute Gasteiger partial charge is 0.810 e. The third kappa shape index (κ3) is 4.47. The van der Waals surface area contributed by atoms with Gasteiger partial charge in [-0.1, -0.05) is 84.3 Å². The van der Waals surface area contributed by atoms with Crippen LogP contribution in [0.1, 0.15) is 16.7 Å². The molecule has 0 saturated heterocycles. The second kappa shape index (κ2) is 11.0. The normalized spacial score (nSPS) is 13.7. The number of hydrogen-bond donors (Lipinski definition) is 0. The smallest absolute Gasteiger partial charge is 0.415 e. The molecule has 216 valence electrons. The van der Waals surface area contributed by atoms with Gasteiger partial charge in [-0.15, -0.1) is 10.9 Å². The predicted octanol–water partition coefficient (Wildman–Crippen LogP) is 6.58. The Morgan fingerprint density at radius 2 is 0.955 bits per heavy atom. The molecule has 5 aromatic rings. The first-order valence-electron chi connectivity index (χ1n) is 13.7. The van der Waals surface area contributed by atoms with Crippen LogP contribution in [-0.4, -0.2) is 28.2 Å². The van der Waals surface area contributed by atoms with E-state index in [0.717, 1.165) is 27.9 Å². The van der Waals surface area contributed by atoms with Gasteiger partial charge in [-0.25, -0.2) is 0 Å². The highest BCUT2D eigenvalue weighted by Crippen LogP contribution is 2.51. The molecule has 11 heteroatoms. The quantitative estimate of drug-likeness (QED) is 0.0918. The van der Waals surface area contributed by atoms with E-state index in [1.165, 1.54) is 36.4 Å². The molecule has 0 aromatic heterocycles. The van der Waals surface area contributed by atoms with E-state index in [1.54, 1.807) is 36.4 Å². The molecule has 44 heavy (non-hydrogen) atoms. The molecular formula is C33H24BN3O7. The van der Waals surface area contributed by atoms with Crippen molar-refractivity contribution >= 4 is 45.4 Å². The standard InChI is InChI=1S/C33H24BN3O7/c1-44-31-10-6-5-9-30(31)32(23-7-3-2-4-8-23)33(24-11-17-27(18-12-24)35(38)39)34(44,25-13-19-28(20-14-25)36(40)41)26-15-21-29(22-16-26)37(42)43/h2-22H,1H3. The van der Waals surface area contributed by atoms with E-state index in [0.29, 0.717) is 16.5 Å². The summed E-state index contributed by atoms with van der Waals surface area (Å²) in [6.45, 7) is 0. The first kappa shape index (κ1) is 28.0. The van der Waals surface area contributed by atoms with Crippen LogP contribution < -0.4 is 10.9 Å². The van der Waals surface area contributed by atoms with Crippen LogP contribution in [0.4, 0.5) is 17.1 Å². The van der Waals surface area contributed by atoms with Gasteiger partial charge in [-0.2, -0.15) is 0 Å². The predicted molar refractivity (Wildman–Crippen MR) is 170 cm³/mol. The van der Waals surface area contributed by atoms with E-state index in [9.17, 15) is 30.3 Å². The van der Waals surface area contributed by atoms with Gasteiger partial charge in [0.1, 0.15) is 7.11 Å². The average Bonchev–Trinajstić information content (AvgIpc) is 3.05. The van der Waals surface area contributed by atoms with Crippen LogP contribution in [0.25, 0.3) is 11.0 Å². The van der Waals surface area contributed by atoms with Crippen molar-refractivity contribution in [3.05, 3.63) is 174 Å². The maximum absolute atomic E-state index is 11.6. The Morgan fingerprint density at radius 1 is 0.523 bits per heavy atom. The molecule has 0 radical (unpaired) electrons. The van der Waals surface area contributed by atoms with E-state index >= 15 is 0 Å². The van der Waals surface area contributed by atoms with Crippen molar-refractivity contribution in [2.75, 3.05) is 7.11 Å². The van der Waals surface area contributed by atoms with Gasteiger partial charge in [0.2, 0.25) is 5.75 Å². The zero-order valence-corrected chi connectivity index (χ0v) is 23.4. The van der Waals surface area contributed by atoms with Crippen molar-refractivity contribution in [3.63, 3.8) is 0 Å². The summed E-state index contributed by atoms with van der Waals surface area (Å²) in [5.74, 6) is 0.800. The molecule has 1 aliphatic rings. The molecule has 0 bridgehead atoms. The van der Waals surface area contributed by atoms with Crippen molar-refractivity contribution in [3.8, 4) is 5.75 Å². The van der Waals surface area contributed by atoms with Crippen LogP contribution in [0, 0.1) is 30.3 Å². The Balaban J connectivity index is 1.82. The molecule has 0 amide bonds. The highest BCUT2D eigenvalue weighted by Gasteiger charge is 2.52. The summed E-state index contributed by atoms with van der Waals surface area (Å²) in [5, 5.41) is 34.9. The average molecular weight is 585 g/mol. The van der Waals surface area contributed by atoms with Crippen molar-refractivity contribution in [1.29, 1.82) is 0 Å². The molecule has 6 rings (SSSR count). The van der Waals surface area contributed by atoms with Gasteiger partial charge in [-0.05, 0) is 22.8 Å². The summed E-state index contributed by atoms with van der Waals surface area (Å²) in [4.78, 5) is 33.5. The molecular weight excluding hydrogens is 561 g/mol. The molecule has 1 aliphatic heterocycles. The number of benzene rings is 5. The molecule has 1 heterocycles. The number of fused-ring (bicyclic) bond motifs is 1. The van der Waals surface area contributed by atoms with Gasteiger partial charge in [0.15, 0.2) is 0 Å². The zero-order valence-electron chi connectivity index (χ0n) is 23.4. The number of non-ortho nitro benzene ring substituents is 3. The van der Waals surface area contributed by atoms with Gasteiger partial charge in [0.05, 0.1) is 20.3 Å². The Hall–Kier alpha value is -6.10. The highest BCUT2D eigenvalue weighted by atomic mass is 16.6. The third-order valence-electron chi connectivity index (χ3n) is 8.31. The van der Waals surface area contributed by atoms with Gasteiger partial charge >= 0.3 is 6.35 Å². The second-order valence-electron chi connectivity index (χ2n) is 10.5. The lowest BCUT2D eigenvalue weighted by atomic mass is 9.25. The SMILES string of the molecule is C[O+]1c2ccccc2C(c2ccccc2)=C(c2ccc([N+](=O)[O-])cc2)[B-]1(c1ccc([N+](=O)[O-])cc1)c1ccc([N+](=O)[O-])cc1. The zero-order chi connectivity index (χ0) is 31.0. The molecule has 0 aliphatic carbocycles. The summed E-state index contributed by atoms with van der Waals surface area (Å²) < 4.78 is 3.30. The van der Waals surface area contributed by atoms with E-state index in [4.69, 9.17) is 0 Å². The molecule has 0 N–H and O–H groups in total.